The largest absolute Gasteiger partial charge is 0.507 e. The molecule has 0 amide bonds. The van der Waals surface area contributed by atoms with Crippen LogP contribution in [0.15, 0.2) is 41.5 Å². The van der Waals surface area contributed by atoms with E-state index in [0.717, 1.165) is 37.0 Å². The van der Waals surface area contributed by atoms with Crippen LogP contribution in [0.1, 0.15) is 97.8 Å². The lowest BCUT2D eigenvalue weighted by molar-refractivity contribution is -0.131. The van der Waals surface area contributed by atoms with Crippen LogP contribution in [0, 0.1) is 11.8 Å². The number of phenols is 1. The van der Waals surface area contributed by atoms with Gasteiger partial charge in [0.1, 0.15) is 11.5 Å². The van der Waals surface area contributed by atoms with Crippen molar-refractivity contribution in [2.45, 2.75) is 92.2 Å². The Hall–Kier alpha value is -1.68. The summed E-state index contributed by atoms with van der Waals surface area (Å²) in [5.41, 5.74) is 3.70. The predicted molar refractivity (Wildman–Crippen MR) is 140 cm³/mol. The van der Waals surface area contributed by atoms with Gasteiger partial charge in [0, 0.05) is 23.8 Å². The molecule has 0 saturated carbocycles. The molecular formula is C28H44O3S. The zero-order chi connectivity index (χ0) is 24.1. The number of carbonyl (C=O) groups is 1. The summed E-state index contributed by atoms with van der Waals surface area (Å²) in [5.74, 6) is 2.56. The highest BCUT2D eigenvalue weighted by Gasteiger charge is 2.20. The van der Waals surface area contributed by atoms with E-state index in [4.69, 9.17) is 4.74 Å². The SMILES string of the molecule is CC(=O)Oc1ccc(C(CC(C)CCC=C(C)C)SCCC(C)CCC=C(C)C)c(O)c1. The quantitative estimate of drug-likeness (QED) is 0.171. The Labute approximate surface area is 200 Å². The molecule has 1 aromatic carbocycles. The van der Waals surface area contributed by atoms with Gasteiger partial charge in [-0.25, -0.2) is 0 Å². The molecule has 0 heterocycles. The second-order valence-corrected chi connectivity index (χ2v) is 10.9. The number of ether oxygens (including phenoxy) is 1. The molecule has 180 valence electrons. The summed E-state index contributed by atoms with van der Waals surface area (Å²) in [7, 11) is 0. The number of esters is 1. The third-order valence-electron chi connectivity index (χ3n) is 5.58. The van der Waals surface area contributed by atoms with Crippen molar-refractivity contribution in [3.05, 3.63) is 47.1 Å². The summed E-state index contributed by atoms with van der Waals surface area (Å²) in [5, 5.41) is 10.9. The van der Waals surface area contributed by atoms with Crippen LogP contribution >= 0.6 is 11.8 Å². The minimum atomic E-state index is -0.377. The second kappa shape index (κ2) is 15.2. The summed E-state index contributed by atoms with van der Waals surface area (Å²) >= 11 is 1.95. The lowest BCUT2D eigenvalue weighted by Crippen LogP contribution is -2.06. The van der Waals surface area contributed by atoms with Crippen LogP contribution in [0.4, 0.5) is 0 Å². The first-order valence-electron chi connectivity index (χ1n) is 12.0. The van der Waals surface area contributed by atoms with Gasteiger partial charge in [-0.2, -0.15) is 11.8 Å². The standard InChI is InChI=1S/C28H44O3S/c1-20(2)10-8-12-22(5)16-17-32-28(18-23(6)13-9-11-21(3)4)26-15-14-25(19-27(26)30)31-24(7)29/h10-11,14-15,19,22-23,28,30H,8-9,12-13,16-18H2,1-7H3. The van der Waals surface area contributed by atoms with Gasteiger partial charge >= 0.3 is 5.97 Å². The molecule has 0 saturated heterocycles. The molecule has 3 unspecified atom stereocenters. The molecule has 0 spiro atoms. The van der Waals surface area contributed by atoms with Crippen LogP contribution in [0.5, 0.6) is 11.5 Å². The molecule has 0 fully saturated rings. The van der Waals surface area contributed by atoms with Gasteiger partial charge in [0.25, 0.3) is 0 Å². The van der Waals surface area contributed by atoms with Crippen LogP contribution in [0.25, 0.3) is 0 Å². The number of thioether (sulfide) groups is 1. The number of benzene rings is 1. The molecule has 0 aliphatic heterocycles. The maximum absolute atomic E-state index is 11.2. The Morgan fingerprint density at radius 2 is 1.56 bits per heavy atom. The summed E-state index contributed by atoms with van der Waals surface area (Å²) in [4.78, 5) is 11.2. The Kier molecular flexibility index (Phi) is 13.5. The van der Waals surface area contributed by atoms with Crippen molar-refractivity contribution in [1.82, 2.24) is 0 Å². The van der Waals surface area contributed by atoms with Crippen LogP contribution in [-0.4, -0.2) is 16.8 Å². The van der Waals surface area contributed by atoms with Gasteiger partial charge in [0.05, 0.1) is 0 Å². The van der Waals surface area contributed by atoms with Crippen molar-refractivity contribution < 1.29 is 14.6 Å². The average Bonchev–Trinajstić information content (AvgIpc) is 2.66. The molecule has 4 heteroatoms. The smallest absolute Gasteiger partial charge is 0.308 e. The van der Waals surface area contributed by atoms with E-state index in [1.807, 2.05) is 17.8 Å². The van der Waals surface area contributed by atoms with Crippen LogP contribution in [0.2, 0.25) is 0 Å². The molecule has 1 aromatic rings. The van der Waals surface area contributed by atoms with E-state index < -0.39 is 0 Å². The van der Waals surface area contributed by atoms with Crippen LogP contribution < -0.4 is 4.74 Å². The zero-order valence-corrected chi connectivity index (χ0v) is 22.1. The summed E-state index contributed by atoms with van der Waals surface area (Å²) in [6.07, 6.45) is 11.4. The topological polar surface area (TPSA) is 46.5 Å². The number of hydrogen-bond acceptors (Lipinski definition) is 4. The van der Waals surface area contributed by atoms with Gasteiger partial charge in [0.2, 0.25) is 0 Å². The molecule has 0 aliphatic carbocycles. The van der Waals surface area contributed by atoms with Gasteiger partial charge < -0.3 is 9.84 Å². The fraction of sp³-hybridized carbons (Fsp3) is 0.607. The molecule has 3 nitrogen and oxygen atoms in total. The van der Waals surface area contributed by atoms with Crippen molar-refractivity contribution in [1.29, 1.82) is 0 Å². The van der Waals surface area contributed by atoms with Gasteiger partial charge in [-0.15, -0.1) is 0 Å². The van der Waals surface area contributed by atoms with Crippen molar-refractivity contribution in [3.63, 3.8) is 0 Å². The maximum atomic E-state index is 11.2. The van der Waals surface area contributed by atoms with E-state index in [0.29, 0.717) is 17.6 Å². The van der Waals surface area contributed by atoms with E-state index in [1.54, 1.807) is 12.1 Å². The van der Waals surface area contributed by atoms with E-state index in [1.165, 1.54) is 30.9 Å². The van der Waals surface area contributed by atoms with Crippen LogP contribution in [0.3, 0.4) is 0 Å². The first-order valence-corrected chi connectivity index (χ1v) is 13.0. The number of allylic oxidation sites excluding steroid dienone is 4. The molecule has 32 heavy (non-hydrogen) atoms. The fourth-order valence-electron chi connectivity index (χ4n) is 3.66. The first-order chi connectivity index (χ1) is 15.1. The van der Waals surface area contributed by atoms with Gasteiger partial charge in [-0.05, 0) is 89.9 Å². The van der Waals surface area contributed by atoms with E-state index >= 15 is 0 Å². The number of hydrogen-bond donors (Lipinski definition) is 1. The fourth-order valence-corrected chi connectivity index (χ4v) is 5.33. The van der Waals surface area contributed by atoms with Crippen molar-refractivity contribution in [2.75, 3.05) is 5.75 Å². The van der Waals surface area contributed by atoms with E-state index in [9.17, 15) is 9.90 Å². The molecule has 0 aromatic heterocycles. The average molecular weight is 461 g/mol. The first kappa shape index (κ1) is 28.4. The highest BCUT2D eigenvalue weighted by molar-refractivity contribution is 7.99. The summed E-state index contributed by atoms with van der Waals surface area (Å²) in [6, 6.07) is 5.28. The highest BCUT2D eigenvalue weighted by atomic mass is 32.2. The molecule has 3 atom stereocenters. The van der Waals surface area contributed by atoms with Gasteiger partial charge in [-0.1, -0.05) is 43.2 Å². The zero-order valence-electron chi connectivity index (χ0n) is 21.2. The molecule has 0 radical (unpaired) electrons. The minimum Gasteiger partial charge on any atom is -0.507 e. The molecule has 0 aliphatic rings. The van der Waals surface area contributed by atoms with Crippen molar-refractivity contribution in [3.8, 4) is 11.5 Å². The van der Waals surface area contributed by atoms with E-state index in [2.05, 4.69) is 53.7 Å². The van der Waals surface area contributed by atoms with Crippen molar-refractivity contribution >= 4 is 17.7 Å². The number of rotatable bonds is 14. The molecule has 1 N–H and O–H groups in total. The maximum Gasteiger partial charge on any atom is 0.308 e. The number of aromatic hydroxyl groups is 1. The molecular weight excluding hydrogens is 416 g/mol. The Morgan fingerprint density at radius 3 is 2.09 bits per heavy atom. The van der Waals surface area contributed by atoms with Crippen LogP contribution in [-0.2, 0) is 4.79 Å². The number of carbonyl (C=O) groups excluding carboxylic acids is 1. The second-order valence-electron chi connectivity index (χ2n) is 9.63. The summed E-state index contributed by atoms with van der Waals surface area (Å²) in [6.45, 7) is 14.6. The molecule has 1 rings (SSSR count). The Morgan fingerprint density at radius 1 is 0.969 bits per heavy atom. The predicted octanol–water partition coefficient (Wildman–Crippen LogP) is 8.64. The van der Waals surface area contributed by atoms with Crippen molar-refractivity contribution in [2.24, 2.45) is 11.8 Å². The third kappa shape index (κ3) is 12.4. The monoisotopic (exact) mass is 460 g/mol. The van der Waals surface area contributed by atoms with Gasteiger partial charge in [0.15, 0.2) is 0 Å². The third-order valence-corrected chi connectivity index (χ3v) is 6.90. The normalized spacial score (nSPS) is 13.7. The van der Waals surface area contributed by atoms with Gasteiger partial charge in [-0.3, -0.25) is 4.79 Å². The molecule has 0 bridgehead atoms. The summed E-state index contributed by atoms with van der Waals surface area (Å²) < 4.78 is 5.14. The number of phenolic OH excluding ortho intramolecular Hbond substituents is 1. The van der Waals surface area contributed by atoms with E-state index in [-0.39, 0.29) is 17.0 Å². The Balaban J connectivity index is 2.81. The lowest BCUT2D eigenvalue weighted by Gasteiger charge is -2.23. The Bertz CT molecular complexity index is 758. The minimum absolute atomic E-state index is 0.217. The lowest BCUT2D eigenvalue weighted by atomic mass is 9.95. The highest BCUT2D eigenvalue weighted by Crippen LogP contribution is 2.42.